The maximum atomic E-state index is 12.8. The van der Waals surface area contributed by atoms with Gasteiger partial charge in [-0.2, -0.15) is 0 Å². The molecular formula is C15H12Br2INO2. The summed E-state index contributed by atoms with van der Waals surface area (Å²) in [7, 11) is 0. The molecule has 1 aromatic rings. The molecule has 0 aromatic heterocycles. The van der Waals surface area contributed by atoms with E-state index in [4.69, 9.17) is 0 Å². The molecule has 6 heteroatoms. The molecule has 0 radical (unpaired) electrons. The summed E-state index contributed by atoms with van der Waals surface area (Å²) in [5, 5.41) is 0. The Labute approximate surface area is 153 Å². The molecular weight excluding hydrogens is 513 g/mol. The number of fused-ring (bicyclic) bond motifs is 5. The fourth-order valence-electron chi connectivity index (χ4n) is 4.19. The SMILES string of the molecule is O=C1[C@@H]2[C@H]3C[C@@H]([C@H](Br)[C@H]3Br)[C@H]2C(=O)N1c1ccc(I)cc1. The number of halogens is 3. The number of hydrogen-bond acceptors (Lipinski definition) is 2. The Hall–Kier alpha value is 0.0500. The first-order chi connectivity index (χ1) is 10.0. The van der Waals surface area contributed by atoms with Crippen LogP contribution in [0.1, 0.15) is 6.42 Å². The van der Waals surface area contributed by atoms with E-state index in [9.17, 15) is 9.59 Å². The van der Waals surface area contributed by atoms with Gasteiger partial charge in [-0.25, -0.2) is 0 Å². The van der Waals surface area contributed by atoms with Gasteiger partial charge < -0.3 is 0 Å². The van der Waals surface area contributed by atoms with E-state index in [0.29, 0.717) is 5.69 Å². The molecule has 3 aliphatic rings. The van der Waals surface area contributed by atoms with Crippen molar-refractivity contribution in [1.82, 2.24) is 0 Å². The summed E-state index contributed by atoms with van der Waals surface area (Å²) in [5.41, 5.74) is 0.705. The van der Waals surface area contributed by atoms with Crippen LogP contribution in [0, 0.1) is 27.2 Å². The van der Waals surface area contributed by atoms with Crippen LogP contribution in [-0.2, 0) is 9.59 Å². The summed E-state index contributed by atoms with van der Waals surface area (Å²) >= 11 is 9.62. The molecule has 1 saturated heterocycles. The van der Waals surface area contributed by atoms with Crippen molar-refractivity contribution in [3.05, 3.63) is 27.8 Å². The first-order valence-corrected chi connectivity index (χ1v) is 9.83. The van der Waals surface area contributed by atoms with E-state index in [1.807, 2.05) is 24.3 Å². The third kappa shape index (κ3) is 1.94. The Morgan fingerprint density at radius 3 is 1.90 bits per heavy atom. The average molecular weight is 525 g/mol. The molecule has 4 rings (SSSR count). The van der Waals surface area contributed by atoms with Crippen LogP contribution >= 0.6 is 54.5 Å². The third-order valence-corrected chi connectivity index (χ3v) is 9.00. The predicted molar refractivity (Wildman–Crippen MR) is 95.7 cm³/mol. The van der Waals surface area contributed by atoms with Crippen LogP contribution in [0.5, 0.6) is 0 Å². The van der Waals surface area contributed by atoms with Crippen LogP contribution < -0.4 is 4.90 Å². The summed E-state index contributed by atoms with van der Waals surface area (Å²) < 4.78 is 1.09. The van der Waals surface area contributed by atoms with Gasteiger partial charge in [0, 0.05) is 13.2 Å². The zero-order chi connectivity index (χ0) is 14.9. The summed E-state index contributed by atoms with van der Waals surface area (Å²) in [5.74, 6) is 0.245. The topological polar surface area (TPSA) is 37.4 Å². The number of benzene rings is 1. The van der Waals surface area contributed by atoms with Crippen LogP contribution in [-0.4, -0.2) is 21.5 Å². The summed E-state index contributed by atoms with van der Waals surface area (Å²) in [6.07, 6.45) is 0.971. The number of imide groups is 1. The second kappa shape index (κ2) is 5.03. The van der Waals surface area contributed by atoms with Crippen LogP contribution in [0.4, 0.5) is 5.69 Å². The first kappa shape index (κ1) is 14.6. The Kier molecular flexibility index (Phi) is 3.50. The van der Waals surface area contributed by atoms with E-state index >= 15 is 0 Å². The number of anilines is 1. The summed E-state index contributed by atoms with van der Waals surface area (Å²) in [6.45, 7) is 0. The van der Waals surface area contributed by atoms with Crippen LogP contribution in [0.25, 0.3) is 0 Å². The van der Waals surface area contributed by atoms with Crippen molar-refractivity contribution in [2.45, 2.75) is 16.1 Å². The van der Waals surface area contributed by atoms with Crippen molar-refractivity contribution in [3.63, 3.8) is 0 Å². The van der Waals surface area contributed by atoms with Crippen molar-refractivity contribution in [3.8, 4) is 0 Å². The molecule has 6 atom stereocenters. The minimum absolute atomic E-state index is 0.0115. The minimum atomic E-state index is -0.139. The number of hydrogen-bond donors (Lipinski definition) is 0. The third-order valence-electron chi connectivity index (χ3n) is 5.07. The maximum Gasteiger partial charge on any atom is 0.238 e. The van der Waals surface area contributed by atoms with Gasteiger partial charge in [0.05, 0.1) is 17.5 Å². The molecule has 1 aliphatic heterocycles. The monoisotopic (exact) mass is 523 g/mol. The van der Waals surface area contributed by atoms with Crippen molar-refractivity contribution in [2.24, 2.45) is 23.7 Å². The molecule has 3 nitrogen and oxygen atoms in total. The summed E-state index contributed by atoms with van der Waals surface area (Å²) in [6, 6.07) is 7.58. The van der Waals surface area contributed by atoms with E-state index in [2.05, 4.69) is 54.5 Å². The van der Waals surface area contributed by atoms with Gasteiger partial charge in [0.1, 0.15) is 0 Å². The number of carbonyl (C=O) groups is 2. The molecule has 3 fully saturated rings. The van der Waals surface area contributed by atoms with Crippen molar-refractivity contribution in [1.29, 1.82) is 0 Å². The van der Waals surface area contributed by atoms with Gasteiger partial charge in [-0.15, -0.1) is 0 Å². The normalized spacial score (nSPS) is 41.0. The molecule has 2 saturated carbocycles. The highest BCUT2D eigenvalue weighted by molar-refractivity contribution is 14.1. The molecule has 1 aromatic carbocycles. The second-order valence-corrected chi connectivity index (χ2v) is 9.35. The Bertz CT molecular complexity index is 603. The van der Waals surface area contributed by atoms with Gasteiger partial charge in [-0.1, -0.05) is 31.9 Å². The second-order valence-electron chi connectivity index (χ2n) is 5.99. The van der Waals surface area contributed by atoms with Gasteiger partial charge in [0.15, 0.2) is 0 Å². The van der Waals surface area contributed by atoms with Crippen molar-refractivity contribution in [2.75, 3.05) is 4.90 Å². The summed E-state index contributed by atoms with van der Waals surface area (Å²) in [4.78, 5) is 27.6. The van der Waals surface area contributed by atoms with Gasteiger partial charge >= 0.3 is 0 Å². The Balaban J connectivity index is 1.73. The minimum Gasteiger partial charge on any atom is -0.274 e. The molecule has 1 heterocycles. The lowest BCUT2D eigenvalue weighted by molar-refractivity contribution is -0.123. The van der Waals surface area contributed by atoms with Crippen LogP contribution in [0.2, 0.25) is 0 Å². The highest BCUT2D eigenvalue weighted by Crippen LogP contribution is 2.60. The molecule has 2 aliphatic carbocycles. The maximum absolute atomic E-state index is 12.8. The molecule has 0 spiro atoms. The number of alkyl halides is 2. The molecule has 21 heavy (non-hydrogen) atoms. The van der Waals surface area contributed by atoms with E-state index in [1.54, 1.807) is 0 Å². The fourth-order valence-corrected chi connectivity index (χ4v) is 6.43. The van der Waals surface area contributed by atoms with E-state index in [1.165, 1.54) is 4.90 Å². The lowest BCUT2D eigenvalue weighted by Gasteiger charge is -2.28. The predicted octanol–water partition coefficient (Wildman–Crippen LogP) is 3.57. The van der Waals surface area contributed by atoms with Crippen LogP contribution in [0.15, 0.2) is 24.3 Å². The first-order valence-electron chi connectivity index (χ1n) is 6.92. The average Bonchev–Trinajstić information content (AvgIpc) is 3.06. The van der Waals surface area contributed by atoms with E-state index < -0.39 is 0 Å². The van der Waals surface area contributed by atoms with Gasteiger partial charge in [0.25, 0.3) is 0 Å². The zero-order valence-corrected chi connectivity index (χ0v) is 16.2. The molecule has 2 amide bonds. The molecule has 110 valence electrons. The van der Waals surface area contributed by atoms with E-state index in [-0.39, 0.29) is 45.1 Å². The molecule has 0 N–H and O–H groups in total. The lowest BCUT2D eigenvalue weighted by atomic mass is 9.81. The fraction of sp³-hybridized carbons (Fsp3) is 0.467. The Morgan fingerprint density at radius 1 is 0.952 bits per heavy atom. The van der Waals surface area contributed by atoms with E-state index in [0.717, 1.165) is 9.99 Å². The van der Waals surface area contributed by atoms with Gasteiger partial charge in [-0.05, 0) is 65.1 Å². The smallest absolute Gasteiger partial charge is 0.238 e. The zero-order valence-electron chi connectivity index (χ0n) is 10.9. The largest absolute Gasteiger partial charge is 0.274 e. The highest BCUT2D eigenvalue weighted by atomic mass is 127. The molecule has 2 bridgehead atoms. The molecule has 0 unspecified atom stereocenters. The standard InChI is InChI=1S/C15H12Br2INO2/c16-12-8-5-9(13(12)17)11-10(8)14(20)19(15(11)21)7-3-1-6(18)2-4-7/h1-4,8-13H,5H2/t8-,9-,10-,11-,12+,13+/m1/s1. The number of nitrogens with zero attached hydrogens (tertiary/aromatic N) is 1. The van der Waals surface area contributed by atoms with Crippen molar-refractivity contribution < 1.29 is 9.59 Å². The number of amides is 2. The van der Waals surface area contributed by atoms with Crippen molar-refractivity contribution >= 4 is 72.0 Å². The number of rotatable bonds is 1. The van der Waals surface area contributed by atoms with Gasteiger partial charge in [-0.3, -0.25) is 14.5 Å². The van der Waals surface area contributed by atoms with Gasteiger partial charge in [0.2, 0.25) is 11.8 Å². The lowest BCUT2D eigenvalue weighted by Crippen LogP contribution is -2.37. The quantitative estimate of drug-likeness (QED) is 0.320. The Morgan fingerprint density at radius 2 is 1.43 bits per heavy atom. The van der Waals surface area contributed by atoms with Crippen LogP contribution in [0.3, 0.4) is 0 Å². The highest BCUT2D eigenvalue weighted by Gasteiger charge is 2.66. The number of carbonyl (C=O) groups excluding carboxylic acids is 2.